The molecule has 0 aliphatic rings. The highest BCUT2D eigenvalue weighted by atomic mass is 19.1. The highest BCUT2D eigenvalue weighted by Gasteiger charge is 2.13. The first-order valence-electron chi connectivity index (χ1n) is 7.25. The molecule has 1 aromatic carbocycles. The van der Waals surface area contributed by atoms with Crippen molar-refractivity contribution in [3.8, 4) is 0 Å². The van der Waals surface area contributed by atoms with Crippen LogP contribution in [0.5, 0.6) is 0 Å². The van der Waals surface area contributed by atoms with E-state index in [-0.39, 0.29) is 17.8 Å². The van der Waals surface area contributed by atoms with Gasteiger partial charge >= 0.3 is 11.9 Å². The number of hydrogen-bond donors (Lipinski definition) is 3. The summed E-state index contributed by atoms with van der Waals surface area (Å²) in [4.78, 5) is 19.1. The number of nitrogens with two attached hydrogens (primary N) is 1. The first-order chi connectivity index (χ1) is 11.2. The second-order valence-electron chi connectivity index (χ2n) is 5.45. The third kappa shape index (κ3) is 6.21. The molecule has 0 radical (unpaired) electrons. The van der Waals surface area contributed by atoms with Crippen LogP contribution in [-0.4, -0.2) is 28.2 Å². The summed E-state index contributed by atoms with van der Waals surface area (Å²) >= 11 is 0. The van der Waals surface area contributed by atoms with Crippen molar-refractivity contribution in [1.29, 1.82) is 0 Å². The van der Waals surface area contributed by atoms with Crippen LogP contribution < -0.4 is 5.73 Å². The summed E-state index contributed by atoms with van der Waals surface area (Å²) < 4.78 is 19.0. The number of hydrogen-bond acceptors (Lipinski definition) is 4. The van der Waals surface area contributed by atoms with Gasteiger partial charge in [0, 0.05) is 23.6 Å². The zero-order valence-electron chi connectivity index (χ0n) is 13.4. The average molecular weight is 337 g/mol. The Bertz CT molecular complexity index is 720. The number of carbonyl (C=O) groups is 2. The molecular weight excluding hydrogens is 317 g/mol. The van der Waals surface area contributed by atoms with E-state index in [0.29, 0.717) is 24.1 Å². The van der Waals surface area contributed by atoms with Crippen molar-refractivity contribution in [2.75, 3.05) is 0 Å². The van der Waals surface area contributed by atoms with Gasteiger partial charge in [0.25, 0.3) is 0 Å². The van der Waals surface area contributed by atoms with Gasteiger partial charge in [0.1, 0.15) is 11.4 Å². The van der Waals surface area contributed by atoms with E-state index in [4.69, 9.17) is 20.4 Å². The fourth-order valence-electron chi connectivity index (χ4n) is 1.86. The van der Waals surface area contributed by atoms with Crippen LogP contribution in [0.15, 0.2) is 41.0 Å². The van der Waals surface area contributed by atoms with E-state index in [0.717, 1.165) is 11.0 Å². The van der Waals surface area contributed by atoms with Crippen molar-refractivity contribution >= 4 is 22.9 Å². The molecule has 0 aliphatic carbocycles. The molecule has 2 atom stereocenters. The van der Waals surface area contributed by atoms with Gasteiger partial charge in [-0.3, -0.25) is 0 Å². The Kier molecular flexibility index (Phi) is 7.13. The molecule has 1 aromatic heterocycles. The molecule has 0 saturated heterocycles. The Morgan fingerprint density at radius 1 is 1.25 bits per heavy atom. The van der Waals surface area contributed by atoms with Crippen LogP contribution in [0.1, 0.15) is 19.4 Å². The third-order valence-electron chi connectivity index (χ3n) is 3.43. The standard InChI is InChI=1S/C13H16FNO.C4H4O4/c1-8(9(2)15)5-11-7-13-10(3-4-16-13)6-12(11)14;5-3(6)1-2-4(7)8/h3-4,6-9H,5,15H2,1-2H3;1-2H,(H,5,6)(H,7,8)/b;2-1+. The molecule has 0 spiro atoms. The molecule has 7 heteroatoms. The van der Waals surface area contributed by atoms with Crippen LogP contribution in [0.4, 0.5) is 4.39 Å². The zero-order valence-corrected chi connectivity index (χ0v) is 13.4. The Morgan fingerprint density at radius 3 is 2.33 bits per heavy atom. The lowest BCUT2D eigenvalue weighted by Crippen LogP contribution is -2.26. The van der Waals surface area contributed by atoms with E-state index < -0.39 is 11.9 Å². The number of aliphatic carboxylic acids is 2. The third-order valence-corrected chi connectivity index (χ3v) is 3.43. The number of rotatable bonds is 5. The number of carboxylic acid groups (broad SMARTS) is 2. The van der Waals surface area contributed by atoms with E-state index in [1.807, 2.05) is 13.8 Å². The van der Waals surface area contributed by atoms with Crippen LogP contribution in [0.25, 0.3) is 11.0 Å². The predicted molar refractivity (Wildman–Crippen MR) is 87.1 cm³/mol. The Labute approximate surface area is 138 Å². The first-order valence-corrected chi connectivity index (χ1v) is 7.25. The van der Waals surface area contributed by atoms with Gasteiger partial charge < -0.3 is 20.4 Å². The molecule has 4 N–H and O–H groups in total. The van der Waals surface area contributed by atoms with Gasteiger partial charge in [0.05, 0.1) is 6.26 Å². The second kappa shape index (κ2) is 8.83. The minimum absolute atomic E-state index is 0.0618. The molecule has 0 saturated carbocycles. The quantitative estimate of drug-likeness (QED) is 0.723. The van der Waals surface area contributed by atoms with E-state index in [9.17, 15) is 14.0 Å². The van der Waals surface area contributed by atoms with Crippen molar-refractivity contribution in [3.63, 3.8) is 0 Å². The van der Waals surface area contributed by atoms with E-state index in [1.165, 1.54) is 6.07 Å². The summed E-state index contributed by atoms with van der Waals surface area (Å²) in [5.41, 5.74) is 7.18. The van der Waals surface area contributed by atoms with Gasteiger partial charge in [-0.05, 0) is 43.0 Å². The normalized spacial score (nSPS) is 13.3. The molecule has 0 amide bonds. The second-order valence-corrected chi connectivity index (χ2v) is 5.45. The molecule has 2 aromatic rings. The number of halogens is 1. The summed E-state index contributed by atoms with van der Waals surface area (Å²) in [6.07, 6.45) is 3.33. The van der Waals surface area contributed by atoms with E-state index in [2.05, 4.69) is 0 Å². The number of furan rings is 1. The summed E-state index contributed by atoms with van der Waals surface area (Å²) in [6.45, 7) is 3.96. The first kappa shape index (κ1) is 19.4. The van der Waals surface area contributed by atoms with Gasteiger partial charge in [-0.1, -0.05) is 6.92 Å². The van der Waals surface area contributed by atoms with Crippen LogP contribution in [0, 0.1) is 11.7 Å². The molecular formula is C17H20FNO5. The molecule has 130 valence electrons. The van der Waals surface area contributed by atoms with Crippen LogP contribution in [0.3, 0.4) is 0 Å². The summed E-state index contributed by atoms with van der Waals surface area (Å²) in [7, 11) is 0. The molecule has 2 rings (SSSR count). The number of carboxylic acids is 2. The molecule has 2 unspecified atom stereocenters. The molecule has 24 heavy (non-hydrogen) atoms. The van der Waals surface area contributed by atoms with Gasteiger partial charge in [-0.25, -0.2) is 14.0 Å². The SMILES string of the molecule is CC(N)C(C)Cc1cc2occc2cc1F.O=C(O)/C=C/C(=O)O. The lowest BCUT2D eigenvalue weighted by atomic mass is 9.95. The van der Waals surface area contributed by atoms with Crippen LogP contribution in [0.2, 0.25) is 0 Å². The maximum atomic E-state index is 13.7. The lowest BCUT2D eigenvalue weighted by molar-refractivity contribution is -0.134. The minimum atomic E-state index is -1.26. The van der Waals surface area contributed by atoms with Gasteiger partial charge in [0.2, 0.25) is 0 Å². The fraction of sp³-hybridized carbons (Fsp3) is 0.294. The number of benzene rings is 1. The van der Waals surface area contributed by atoms with Crippen molar-refractivity contribution in [2.45, 2.75) is 26.3 Å². The monoisotopic (exact) mass is 337 g/mol. The lowest BCUT2D eigenvalue weighted by Gasteiger charge is -2.15. The van der Waals surface area contributed by atoms with Crippen molar-refractivity contribution in [3.05, 3.63) is 48.0 Å². The predicted octanol–water partition coefficient (Wildman–Crippen LogP) is 2.81. The molecule has 1 heterocycles. The summed E-state index contributed by atoms with van der Waals surface area (Å²) in [5.74, 6) is -2.44. The summed E-state index contributed by atoms with van der Waals surface area (Å²) in [6, 6.07) is 5.11. The van der Waals surface area contributed by atoms with Gasteiger partial charge in [-0.15, -0.1) is 0 Å². The molecule has 0 bridgehead atoms. The Balaban J connectivity index is 0.000000307. The van der Waals surface area contributed by atoms with Crippen molar-refractivity contribution < 1.29 is 28.6 Å². The van der Waals surface area contributed by atoms with Crippen molar-refractivity contribution in [1.82, 2.24) is 0 Å². The highest BCUT2D eigenvalue weighted by Crippen LogP contribution is 2.22. The molecule has 6 nitrogen and oxygen atoms in total. The Hall–Kier alpha value is -2.67. The smallest absolute Gasteiger partial charge is 0.328 e. The zero-order chi connectivity index (χ0) is 18.3. The fourth-order valence-corrected chi connectivity index (χ4v) is 1.86. The van der Waals surface area contributed by atoms with Crippen molar-refractivity contribution in [2.24, 2.45) is 11.7 Å². The highest BCUT2D eigenvalue weighted by molar-refractivity contribution is 5.89. The van der Waals surface area contributed by atoms with Gasteiger partial charge in [0.15, 0.2) is 0 Å². The van der Waals surface area contributed by atoms with Crippen LogP contribution >= 0.6 is 0 Å². The largest absolute Gasteiger partial charge is 0.478 e. The minimum Gasteiger partial charge on any atom is -0.478 e. The maximum absolute atomic E-state index is 13.7. The molecule has 0 aliphatic heterocycles. The summed E-state index contributed by atoms with van der Waals surface area (Å²) in [5, 5.41) is 16.4. The number of fused-ring (bicyclic) bond motifs is 1. The Morgan fingerprint density at radius 2 is 1.83 bits per heavy atom. The maximum Gasteiger partial charge on any atom is 0.328 e. The van der Waals surface area contributed by atoms with E-state index in [1.54, 1.807) is 18.4 Å². The van der Waals surface area contributed by atoms with E-state index >= 15 is 0 Å². The average Bonchev–Trinajstić information content (AvgIpc) is 2.93. The molecule has 0 fully saturated rings. The van der Waals surface area contributed by atoms with Gasteiger partial charge in [-0.2, -0.15) is 0 Å². The van der Waals surface area contributed by atoms with Crippen LogP contribution in [-0.2, 0) is 16.0 Å². The topological polar surface area (TPSA) is 114 Å².